The molecular formula is C23H31NO. The van der Waals surface area contributed by atoms with Crippen LogP contribution in [0.15, 0.2) is 36.4 Å². The van der Waals surface area contributed by atoms with E-state index < -0.39 is 0 Å². The fourth-order valence-electron chi connectivity index (χ4n) is 3.91. The van der Waals surface area contributed by atoms with Gasteiger partial charge in [-0.25, -0.2) is 0 Å². The first kappa shape index (κ1) is 18.0. The molecule has 2 aromatic rings. The molecule has 0 radical (unpaired) electrons. The smallest absolute Gasteiger partial charge is 0.119 e. The average molecular weight is 338 g/mol. The van der Waals surface area contributed by atoms with E-state index in [4.69, 9.17) is 4.74 Å². The van der Waals surface area contributed by atoms with Crippen LogP contribution in [0.1, 0.15) is 53.5 Å². The third kappa shape index (κ3) is 4.43. The van der Waals surface area contributed by atoms with E-state index in [1.54, 1.807) is 0 Å². The highest BCUT2D eigenvalue weighted by atomic mass is 16.5. The summed E-state index contributed by atoms with van der Waals surface area (Å²) in [6.07, 6.45) is 2.33. The number of benzene rings is 2. The second-order valence-corrected chi connectivity index (χ2v) is 7.84. The Morgan fingerprint density at radius 3 is 2.24 bits per heavy atom. The van der Waals surface area contributed by atoms with Crippen LogP contribution in [0, 0.1) is 27.7 Å². The molecule has 0 saturated carbocycles. The molecule has 2 heteroatoms. The summed E-state index contributed by atoms with van der Waals surface area (Å²) in [7, 11) is 0. The molecule has 0 bridgehead atoms. The highest BCUT2D eigenvalue weighted by Gasteiger charge is 2.27. The van der Waals surface area contributed by atoms with E-state index in [9.17, 15) is 0 Å². The van der Waals surface area contributed by atoms with Crippen molar-refractivity contribution in [1.29, 1.82) is 0 Å². The van der Waals surface area contributed by atoms with Gasteiger partial charge in [0.15, 0.2) is 0 Å². The van der Waals surface area contributed by atoms with E-state index in [-0.39, 0.29) is 0 Å². The van der Waals surface area contributed by atoms with Gasteiger partial charge >= 0.3 is 0 Å². The summed E-state index contributed by atoms with van der Waals surface area (Å²) >= 11 is 0. The number of piperidine rings is 1. The third-order valence-corrected chi connectivity index (χ3v) is 5.63. The summed E-state index contributed by atoms with van der Waals surface area (Å²) in [5, 5.41) is 3.71. The fraction of sp³-hybridized carbons (Fsp3) is 0.478. The number of rotatable bonds is 4. The van der Waals surface area contributed by atoms with Crippen LogP contribution in [-0.2, 0) is 0 Å². The van der Waals surface area contributed by atoms with Crippen LogP contribution >= 0.6 is 0 Å². The zero-order valence-corrected chi connectivity index (χ0v) is 16.2. The summed E-state index contributed by atoms with van der Waals surface area (Å²) in [5.74, 6) is 1.61. The maximum Gasteiger partial charge on any atom is 0.119 e. The van der Waals surface area contributed by atoms with Crippen LogP contribution in [0.25, 0.3) is 0 Å². The summed E-state index contributed by atoms with van der Waals surface area (Å²) < 4.78 is 6.15. The molecule has 1 aliphatic rings. The van der Waals surface area contributed by atoms with Crippen LogP contribution in [-0.4, -0.2) is 18.7 Å². The lowest BCUT2D eigenvalue weighted by Gasteiger charge is -2.35. The molecule has 1 heterocycles. The largest absolute Gasteiger partial charge is 0.492 e. The predicted molar refractivity (Wildman–Crippen MR) is 106 cm³/mol. The van der Waals surface area contributed by atoms with Crippen molar-refractivity contribution < 1.29 is 4.74 Å². The van der Waals surface area contributed by atoms with Crippen molar-refractivity contribution >= 4 is 0 Å². The Morgan fingerprint density at radius 1 is 0.960 bits per heavy atom. The number of ether oxygens (including phenoxy) is 1. The van der Waals surface area contributed by atoms with Crippen LogP contribution < -0.4 is 10.1 Å². The molecule has 2 aromatic carbocycles. The summed E-state index contributed by atoms with van der Waals surface area (Å²) in [4.78, 5) is 0. The lowest BCUT2D eigenvalue weighted by molar-refractivity contribution is 0.206. The first-order chi connectivity index (χ1) is 11.9. The number of aryl methyl sites for hydroxylation is 3. The van der Waals surface area contributed by atoms with Crippen molar-refractivity contribution in [3.05, 3.63) is 64.2 Å². The van der Waals surface area contributed by atoms with Gasteiger partial charge in [-0.1, -0.05) is 29.8 Å². The van der Waals surface area contributed by atoms with Gasteiger partial charge in [0.2, 0.25) is 0 Å². The van der Waals surface area contributed by atoms with E-state index in [2.05, 4.69) is 76.3 Å². The first-order valence-electron chi connectivity index (χ1n) is 9.45. The van der Waals surface area contributed by atoms with Gasteiger partial charge < -0.3 is 10.1 Å². The lowest BCUT2D eigenvalue weighted by atomic mass is 9.83. The van der Waals surface area contributed by atoms with Crippen molar-refractivity contribution in [2.45, 2.75) is 65.5 Å². The van der Waals surface area contributed by atoms with Crippen molar-refractivity contribution in [3.63, 3.8) is 0 Å². The molecule has 2 nitrogen and oxygen atoms in total. The molecule has 1 N–H and O–H groups in total. The van der Waals surface area contributed by atoms with Crippen molar-refractivity contribution in [3.8, 4) is 5.75 Å². The molecule has 1 aliphatic heterocycles. The Bertz CT molecular complexity index is 696. The molecule has 3 rings (SSSR count). The van der Waals surface area contributed by atoms with E-state index in [0.29, 0.717) is 18.0 Å². The van der Waals surface area contributed by atoms with Gasteiger partial charge in [0, 0.05) is 12.1 Å². The summed E-state index contributed by atoms with van der Waals surface area (Å²) in [5.41, 5.74) is 6.76. The molecular weight excluding hydrogens is 306 g/mol. The van der Waals surface area contributed by atoms with E-state index in [1.807, 2.05) is 0 Å². The minimum atomic E-state index is 0.400. The second-order valence-electron chi connectivity index (χ2n) is 7.84. The standard InChI is InChI=1S/C23H31NO/c1-15-6-8-20(9-7-15)21-12-18(4)24-22(13-21)14-25-23-10-16(2)19(5)17(3)11-23/h6-11,18,21-22,24H,12-14H2,1-5H3. The first-order valence-corrected chi connectivity index (χ1v) is 9.45. The van der Waals surface area contributed by atoms with Crippen LogP contribution in [0.3, 0.4) is 0 Å². The molecule has 0 spiro atoms. The molecule has 0 aromatic heterocycles. The number of hydrogen-bond acceptors (Lipinski definition) is 2. The summed E-state index contributed by atoms with van der Waals surface area (Å²) in [6, 6.07) is 14.3. The van der Waals surface area contributed by atoms with E-state index in [0.717, 1.165) is 18.8 Å². The van der Waals surface area contributed by atoms with Gasteiger partial charge in [-0.05, 0) is 87.8 Å². The molecule has 134 valence electrons. The van der Waals surface area contributed by atoms with Gasteiger partial charge in [-0.3, -0.25) is 0 Å². The van der Waals surface area contributed by atoms with Crippen LogP contribution in [0.2, 0.25) is 0 Å². The van der Waals surface area contributed by atoms with Crippen molar-refractivity contribution in [2.24, 2.45) is 0 Å². The highest BCUT2D eigenvalue weighted by Crippen LogP contribution is 2.31. The van der Waals surface area contributed by atoms with Crippen molar-refractivity contribution in [1.82, 2.24) is 5.32 Å². The second kappa shape index (κ2) is 7.61. The molecule has 3 unspecified atom stereocenters. The Balaban J connectivity index is 1.65. The number of nitrogens with one attached hydrogen (secondary N) is 1. The Kier molecular flexibility index (Phi) is 5.48. The minimum absolute atomic E-state index is 0.400. The zero-order chi connectivity index (χ0) is 18.0. The predicted octanol–water partition coefficient (Wildman–Crippen LogP) is 5.22. The highest BCUT2D eigenvalue weighted by molar-refractivity contribution is 5.40. The average Bonchev–Trinajstić information content (AvgIpc) is 2.58. The minimum Gasteiger partial charge on any atom is -0.492 e. The van der Waals surface area contributed by atoms with Gasteiger partial charge in [0.05, 0.1) is 0 Å². The lowest BCUT2D eigenvalue weighted by Crippen LogP contribution is -2.46. The maximum absolute atomic E-state index is 6.15. The Labute approximate surface area is 152 Å². The van der Waals surface area contributed by atoms with Gasteiger partial charge in [0.1, 0.15) is 12.4 Å². The summed E-state index contributed by atoms with van der Waals surface area (Å²) in [6.45, 7) is 11.7. The van der Waals surface area contributed by atoms with Crippen molar-refractivity contribution in [2.75, 3.05) is 6.61 Å². The van der Waals surface area contributed by atoms with Crippen LogP contribution in [0.4, 0.5) is 0 Å². The van der Waals surface area contributed by atoms with Gasteiger partial charge in [-0.15, -0.1) is 0 Å². The number of hydrogen-bond donors (Lipinski definition) is 1. The normalized spacial score (nSPS) is 23.5. The molecule has 1 fully saturated rings. The Morgan fingerprint density at radius 2 is 1.60 bits per heavy atom. The fourth-order valence-corrected chi connectivity index (χ4v) is 3.91. The molecule has 0 aliphatic carbocycles. The zero-order valence-electron chi connectivity index (χ0n) is 16.2. The molecule has 3 atom stereocenters. The quantitative estimate of drug-likeness (QED) is 0.825. The molecule has 0 amide bonds. The van der Waals surface area contributed by atoms with Gasteiger partial charge in [0.25, 0.3) is 0 Å². The van der Waals surface area contributed by atoms with E-state index in [1.165, 1.54) is 34.2 Å². The van der Waals surface area contributed by atoms with Gasteiger partial charge in [-0.2, -0.15) is 0 Å². The Hall–Kier alpha value is -1.80. The van der Waals surface area contributed by atoms with E-state index >= 15 is 0 Å². The monoisotopic (exact) mass is 337 g/mol. The third-order valence-electron chi connectivity index (χ3n) is 5.63. The van der Waals surface area contributed by atoms with Crippen LogP contribution in [0.5, 0.6) is 5.75 Å². The topological polar surface area (TPSA) is 21.3 Å². The molecule has 25 heavy (non-hydrogen) atoms. The maximum atomic E-state index is 6.15. The SMILES string of the molecule is Cc1ccc(C2CC(C)NC(COc3cc(C)c(C)c(C)c3)C2)cc1. The molecule has 1 saturated heterocycles.